The average molecular weight is 328 g/mol. The lowest BCUT2D eigenvalue weighted by molar-refractivity contribution is -0.141. The minimum Gasteiger partial charge on any atom is -0.491 e. The average Bonchev–Trinajstić information content (AvgIpc) is 2.92. The van der Waals surface area contributed by atoms with Crippen LogP contribution in [0.3, 0.4) is 0 Å². The molecule has 2 aromatic rings. The van der Waals surface area contributed by atoms with Crippen molar-refractivity contribution in [2.75, 3.05) is 0 Å². The number of rotatable bonds is 6. The van der Waals surface area contributed by atoms with Gasteiger partial charge in [-0.05, 0) is 64.5 Å². The summed E-state index contributed by atoms with van der Waals surface area (Å²) in [5.41, 5.74) is 2.77. The van der Waals surface area contributed by atoms with Crippen molar-refractivity contribution in [1.82, 2.24) is 9.97 Å². The molecule has 1 aromatic carbocycles. The van der Waals surface area contributed by atoms with Gasteiger partial charge in [-0.3, -0.25) is 0 Å². The monoisotopic (exact) mass is 328 g/mol. The minimum absolute atomic E-state index is 0.113. The second-order valence-electron chi connectivity index (χ2n) is 6.21. The highest BCUT2D eigenvalue weighted by atomic mass is 16.5. The molecule has 0 bridgehead atoms. The Morgan fingerprint density at radius 3 is 2.58 bits per heavy atom. The number of aromatic nitrogens is 2. The largest absolute Gasteiger partial charge is 0.491 e. The van der Waals surface area contributed by atoms with Crippen LogP contribution in [0, 0.1) is 6.92 Å². The second kappa shape index (κ2) is 7.81. The van der Waals surface area contributed by atoms with E-state index in [4.69, 9.17) is 9.47 Å². The quantitative estimate of drug-likeness (QED) is 0.639. The molecule has 2 rings (SSSR count). The number of aryl methyl sites for hydroxylation is 1. The lowest BCUT2D eigenvalue weighted by Gasteiger charge is -2.11. The van der Waals surface area contributed by atoms with Crippen LogP contribution in [0.5, 0.6) is 5.75 Å². The highest BCUT2D eigenvalue weighted by Crippen LogP contribution is 2.25. The van der Waals surface area contributed by atoms with Crippen molar-refractivity contribution in [3.63, 3.8) is 0 Å². The summed E-state index contributed by atoms with van der Waals surface area (Å²) in [6, 6.07) is 5.98. The molecule has 1 aromatic heterocycles. The van der Waals surface area contributed by atoms with Crippen molar-refractivity contribution in [3.8, 4) is 17.1 Å². The van der Waals surface area contributed by atoms with Crippen LogP contribution in [0.1, 0.15) is 39.0 Å². The molecule has 0 aliphatic heterocycles. The van der Waals surface area contributed by atoms with Crippen LogP contribution in [-0.4, -0.2) is 28.1 Å². The Hall–Kier alpha value is -2.56. The van der Waals surface area contributed by atoms with E-state index >= 15 is 0 Å². The van der Waals surface area contributed by atoms with Crippen molar-refractivity contribution in [2.24, 2.45) is 0 Å². The molecule has 0 atom stereocenters. The second-order valence-corrected chi connectivity index (χ2v) is 6.21. The molecule has 1 heterocycles. The molecule has 5 heteroatoms. The van der Waals surface area contributed by atoms with Crippen molar-refractivity contribution in [3.05, 3.63) is 41.7 Å². The van der Waals surface area contributed by atoms with Crippen LogP contribution in [0.15, 0.2) is 30.5 Å². The fourth-order valence-electron chi connectivity index (χ4n) is 2.22. The number of carbonyl (C=O) groups is 1. The van der Waals surface area contributed by atoms with Gasteiger partial charge in [-0.25, -0.2) is 9.78 Å². The van der Waals surface area contributed by atoms with Gasteiger partial charge >= 0.3 is 5.97 Å². The van der Waals surface area contributed by atoms with Gasteiger partial charge in [0.2, 0.25) is 0 Å². The first-order valence-electron chi connectivity index (χ1n) is 8.06. The van der Waals surface area contributed by atoms with Gasteiger partial charge in [0.1, 0.15) is 11.6 Å². The van der Waals surface area contributed by atoms with Crippen LogP contribution >= 0.6 is 0 Å². The van der Waals surface area contributed by atoms with Gasteiger partial charge in [0.05, 0.1) is 24.1 Å². The summed E-state index contributed by atoms with van der Waals surface area (Å²) < 4.78 is 10.8. The Morgan fingerprint density at radius 1 is 1.17 bits per heavy atom. The Kier molecular flexibility index (Phi) is 5.79. The first kappa shape index (κ1) is 17.8. The van der Waals surface area contributed by atoms with E-state index in [-0.39, 0.29) is 18.2 Å². The molecule has 1 N–H and O–H groups in total. The van der Waals surface area contributed by atoms with Gasteiger partial charge in [-0.2, -0.15) is 0 Å². The maximum atomic E-state index is 11.5. The van der Waals surface area contributed by atoms with E-state index < -0.39 is 0 Å². The van der Waals surface area contributed by atoms with Crippen LogP contribution in [0.4, 0.5) is 0 Å². The molecule has 0 aliphatic carbocycles. The third-order valence-electron chi connectivity index (χ3n) is 3.04. The Balaban J connectivity index is 2.17. The zero-order chi connectivity index (χ0) is 17.7. The smallest absolute Gasteiger partial charge is 0.331 e. The van der Waals surface area contributed by atoms with E-state index in [9.17, 15) is 4.79 Å². The van der Waals surface area contributed by atoms with Crippen LogP contribution in [-0.2, 0) is 9.53 Å². The molecule has 0 saturated heterocycles. The summed E-state index contributed by atoms with van der Waals surface area (Å²) >= 11 is 0. The lowest BCUT2D eigenvalue weighted by Crippen LogP contribution is -2.08. The summed E-state index contributed by atoms with van der Waals surface area (Å²) in [4.78, 5) is 19.1. The third kappa shape index (κ3) is 5.26. The lowest BCUT2D eigenvalue weighted by atomic mass is 10.1. The fourth-order valence-corrected chi connectivity index (χ4v) is 2.22. The van der Waals surface area contributed by atoms with E-state index in [0.29, 0.717) is 0 Å². The number of esters is 1. The highest BCUT2D eigenvalue weighted by Gasteiger charge is 2.07. The third-order valence-corrected chi connectivity index (χ3v) is 3.04. The normalized spacial score (nSPS) is 11.5. The van der Waals surface area contributed by atoms with Crippen molar-refractivity contribution < 1.29 is 14.3 Å². The Morgan fingerprint density at radius 2 is 1.92 bits per heavy atom. The molecule has 0 aliphatic rings. The summed E-state index contributed by atoms with van der Waals surface area (Å²) in [5.74, 6) is 1.17. The van der Waals surface area contributed by atoms with Gasteiger partial charge in [0.15, 0.2) is 0 Å². The molecule has 0 saturated carbocycles. The topological polar surface area (TPSA) is 64.2 Å². The van der Waals surface area contributed by atoms with Gasteiger partial charge < -0.3 is 14.5 Å². The number of H-pyrrole nitrogens is 1. The van der Waals surface area contributed by atoms with Crippen molar-refractivity contribution >= 4 is 12.0 Å². The molecular weight excluding hydrogens is 304 g/mol. The molecular formula is C19H24N2O3. The maximum absolute atomic E-state index is 11.5. The number of hydrogen-bond acceptors (Lipinski definition) is 4. The SMILES string of the molecule is Cc1cc(OC(C)C)cc(-c2ncc(/C=C\C(=O)OC(C)C)[nH]2)c1. The minimum atomic E-state index is -0.371. The van der Waals surface area contributed by atoms with E-state index in [1.54, 1.807) is 12.3 Å². The van der Waals surface area contributed by atoms with Crippen molar-refractivity contribution in [1.29, 1.82) is 0 Å². The van der Waals surface area contributed by atoms with Gasteiger partial charge in [-0.1, -0.05) is 0 Å². The number of imidazole rings is 1. The van der Waals surface area contributed by atoms with Gasteiger partial charge in [0, 0.05) is 11.6 Å². The number of benzene rings is 1. The predicted octanol–water partition coefficient (Wildman–Crippen LogP) is 4.14. The summed E-state index contributed by atoms with van der Waals surface area (Å²) in [5, 5.41) is 0. The molecule has 0 fully saturated rings. The summed E-state index contributed by atoms with van der Waals surface area (Å²) in [6.07, 6.45) is 4.70. The maximum Gasteiger partial charge on any atom is 0.331 e. The molecule has 5 nitrogen and oxygen atoms in total. The molecule has 0 spiro atoms. The molecule has 24 heavy (non-hydrogen) atoms. The number of aromatic amines is 1. The zero-order valence-electron chi connectivity index (χ0n) is 14.8. The Labute approximate surface area is 142 Å². The molecule has 0 amide bonds. The van der Waals surface area contributed by atoms with Crippen LogP contribution < -0.4 is 4.74 Å². The number of carbonyl (C=O) groups excluding carboxylic acids is 1. The van der Waals surface area contributed by atoms with Gasteiger partial charge in [0.25, 0.3) is 0 Å². The predicted molar refractivity (Wildman–Crippen MR) is 94.8 cm³/mol. The van der Waals surface area contributed by atoms with Gasteiger partial charge in [-0.15, -0.1) is 0 Å². The van der Waals surface area contributed by atoms with Crippen LogP contribution in [0.25, 0.3) is 17.5 Å². The molecule has 0 unspecified atom stereocenters. The summed E-state index contributed by atoms with van der Waals surface area (Å²) in [6.45, 7) is 9.63. The first-order valence-corrected chi connectivity index (χ1v) is 8.06. The number of nitrogens with zero attached hydrogens (tertiary/aromatic N) is 1. The van der Waals surface area contributed by atoms with E-state index in [1.807, 2.05) is 52.8 Å². The van der Waals surface area contributed by atoms with Crippen LogP contribution in [0.2, 0.25) is 0 Å². The number of ether oxygens (including phenoxy) is 2. The summed E-state index contributed by atoms with van der Waals surface area (Å²) in [7, 11) is 0. The fraction of sp³-hybridized carbons (Fsp3) is 0.368. The number of nitrogens with one attached hydrogen (secondary N) is 1. The van der Waals surface area contributed by atoms with Crippen molar-refractivity contribution in [2.45, 2.75) is 46.8 Å². The molecule has 0 radical (unpaired) electrons. The Bertz CT molecular complexity index is 730. The van der Waals surface area contributed by atoms with E-state index in [0.717, 1.165) is 28.4 Å². The standard InChI is InChI=1S/C19H24N2O3/c1-12(2)23-17-9-14(5)8-15(10-17)19-20-11-16(21-19)6-7-18(22)24-13(3)4/h6-13H,1-5H3,(H,20,21)/b7-6-. The zero-order valence-corrected chi connectivity index (χ0v) is 14.8. The molecule has 128 valence electrons. The first-order chi connectivity index (χ1) is 11.3. The van der Waals surface area contributed by atoms with E-state index in [2.05, 4.69) is 9.97 Å². The number of hydrogen-bond donors (Lipinski definition) is 1. The highest BCUT2D eigenvalue weighted by molar-refractivity contribution is 5.86. The van der Waals surface area contributed by atoms with E-state index in [1.165, 1.54) is 6.08 Å².